The lowest BCUT2D eigenvalue weighted by Crippen LogP contribution is -2.21. The maximum absolute atomic E-state index is 4.66. The van der Waals surface area contributed by atoms with E-state index in [9.17, 15) is 0 Å². The molecule has 1 N–H and O–H groups in total. The van der Waals surface area contributed by atoms with Gasteiger partial charge in [0, 0.05) is 24.0 Å². The molecule has 0 radical (unpaired) electrons. The molecule has 3 nitrogen and oxygen atoms in total. The number of anilines is 1. The van der Waals surface area contributed by atoms with Crippen molar-refractivity contribution in [1.82, 2.24) is 9.55 Å². The van der Waals surface area contributed by atoms with E-state index in [4.69, 9.17) is 0 Å². The fourth-order valence-electron chi connectivity index (χ4n) is 2.91. The molecule has 4 heteroatoms. The average molecular weight is 251 g/mol. The lowest BCUT2D eigenvalue weighted by Gasteiger charge is -2.18. The third-order valence-corrected chi connectivity index (χ3v) is 5.00. The van der Waals surface area contributed by atoms with E-state index in [1.54, 1.807) is 0 Å². The first-order chi connectivity index (χ1) is 8.33. The number of aromatic nitrogens is 2. The minimum atomic E-state index is 0.627. The van der Waals surface area contributed by atoms with Gasteiger partial charge in [-0.3, -0.25) is 0 Å². The highest BCUT2D eigenvalue weighted by Crippen LogP contribution is 2.32. The van der Waals surface area contributed by atoms with Gasteiger partial charge in [0.15, 0.2) is 0 Å². The van der Waals surface area contributed by atoms with Crippen LogP contribution in [0, 0.1) is 6.92 Å². The average Bonchev–Trinajstić information content (AvgIpc) is 3.00. The van der Waals surface area contributed by atoms with Crippen LogP contribution in [-0.4, -0.2) is 27.1 Å². The molecule has 1 saturated heterocycles. The molecule has 3 rings (SSSR count). The number of aryl methyl sites for hydroxylation is 1. The molecular formula is C13H21N3S. The van der Waals surface area contributed by atoms with Gasteiger partial charge in [-0.05, 0) is 31.9 Å². The van der Waals surface area contributed by atoms with E-state index in [1.165, 1.54) is 43.6 Å². The minimum Gasteiger partial charge on any atom is -0.352 e. The topological polar surface area (TPSA) is 29.9 Å². The number of thioether (sulfide) groups is 1. The minimum absolute atomic E-state index is 0.627. The van der Waals surface area contributed by atoms with E-state index in [0.29, 0.717) is 12.1 Å². The second kappa shape index (κ2) is 4.92. The number of nitrogens with zero attached hydrogens (tertiary/aromatic N) is 2. The predicted molar refractivity (Wildman–Crippen MR) is 73.8 cm³/mol. The van der Waals surface area contributed by atoms with E-state index in [-0.39, 0.29) is 0 Å². The normalized spacial score (nSPS) is 25.6. The van der Waals surface area contributed by atoms with Crippen LogP contribution in [0.25, 0.3) is 0 Å². The Balaban J connectivity index is 1.77. The van der Waals surface area contributed by atoms with Crippen LogP contribution in [0.5, 0.6) is 0 Å². The lowest BCUT2D eigenvalue weighted by molar-refractivity contribution is 0.520. The van der Waals surface area contributed by atoms with Gasteiger partial charge in [0.05, 0.1) is 5.69 Å². The Morgan fingerprint density at radius 1 is 1.35 bits per heavy atom. The van der Waals surface area contributed by atoms with Crippen LogP contribution in [0.4, 0.5) is 5.95 Å². The first kappa shape index (κ1) is 11.5. The second-order valence-electron chi connectivity index (χ2n) is 5.26. The van der Waals surface area contributed by atoms with Crippen LogP contribution in [0.3, 0.4) is 0 Å². The number of hydrogen-bond acceptors (Lipinski definition) is 3. The van der Waals surface area contributed by atoms with E-state index >= 15 is 0 Å². The maximum atomic E-state index is 4.66. The summed E-state index contributed by atoms with van der Waals surface area (Å²) in [4.78, 5) is 4.66. The molecule has 0 bridgehead atoms. The Hall–Kier alpha value is -0.640. The van der Waals surface area contributed by atoms with E-state index in [1.807, 2.05) is 11.8 Å². The summed E-state index contributed by atoms with van der Waals surface area (Å²) in [6, 6.07) is 1.31. The van der Waals surface area contributed by atoms with E-state index < -0.39 is 0 Å². The van der Waals surface area contributed by atoms with Gasteiger partial charge in [-0.1, -0.05) is 12.8 Å². The van der Waals surface area contributed by atoms with Crippen molar-refractivity contribution in [3.63, 3.8) is 0 Å². The smallest absolute Gasteiger partial charge is 0.203 e. The summed E-state index contributed by atoms with van der Waals surface area (Å²) in [6.45, 7) is 2.10. The van der Waals surface area contributed by atoms with E-state index in [0.717, 1.165) is 11.6 Å². The molecule has 1 aliphatic carbocycles. The molecule has 0 aromatic carbocycles. The molecule has 1 saturated carbocycles. The van der Waals surface area contributed by atoms with Crippen molar-refractivity contribution in [2.75, 3.05) is 16.8 Å². The van der Waals surface area contributed by atoms with Crippen LogP contribution >= 0.6 is 11.8 Å². The Kier molecular flexibility index (Phi) is 3.32. The molecule has 2 heterocycles. The third kappa shape index (κ3) is 2.46. The molecule has 17 heavy (non-hydrogen) atoms. The van der Waals surface area contributed by atoms with Crippen molar-refractivity contribution >= 4 is 17.7 Å². The highest BCUT2D eigenvalue weighted by Gasteiger charge is 2.22. The van der Waals surface area contributed by atoms with Gasteiger partial charge in [-0.25, -0.2) is 4.98 Å². The van der Waals surface area contributed by atoms with Gasteiger partial charge in [-0.15, -0.1) is 0 Å². The second-order valence-corrected chi connectivity index (χ2v) is 6.41. The quantitative estimate of drug-likeness (QED) is 0.894. The van der Waals surface area contributed by atoms with Gasteiger partial charge < -0.3 is 9.88 Å². The molecule has 1 aromatic rings. The SMILES string of the molecule is Cc1cn(C2CCCC2)c(NC2CCSC2)n1. The Morgan fingerprint density at radius 3 is 2.88 bits per heavy atom. The Labute approximate surface area is 107 Å². The summed E-state index contributed by atoms with van der Waals surface area (Å²) < 4.78 is 2.39. The number of hydrogen-bond donors (Lipinski definition) is 1. The fourth-order valence-corrected chi connectivity index (χ4v) is 4.07. The van der Waals surface area contributed by atoms with Crippen molar-refractivity contribution in [3.05, 3.63) is 11.9 Å². The number of imidazole rings is 1. The van der Waals surface area contributed by atoms with Crippen molar-refractivity contribution in [3.8, 4) is 0 Å². The van der Waals surface area contributed by atoms with E-state index in [2.05, 4.69) is 28.0 Å². The maximum Gasteiger partial charge on any atom is 0.203 e. The Morgan fingerprint density at radius 2 is 2.18 bits per heavy atom. The number of rotatable bonds is 3. The van der Waals surface area contributed by atoms with Crippen LogP contribution in [-0.2, 0) is 0 Å². The molecule has 1 atom stereocenters. The van der Waals surface area contributed by atoms with Gasteiger partial charge in [0.2, 0.25) is 5.95 Å². The van der Waals surface area contributed by atoms with Crippen molar-refractivity contribution < 1.29 is 0 Å². The first-order valence-electron chi connectivity index (χ1n) is 6.72. The zero-order valence-corrected chi connectivity index (χ0v) is 11.3. The zero-order valence-electron chi connectivity index (χ0n) is 10.5. The summed E-state index contributed by atoms with van der Waals surface area (Å²) in [5, 5.41) is 3.64. The monoisotopic (exact) mass is 251 g/mol. The van der Waals surface area contributed by atoms with Gasteiger partial charge in [-0.2, -0.15) is 11.8 Å². The van der Waals surface area contributed by atoms with Crippen LogP contribution in [0.15, 0.2) is 6.20 Å². The standard InChI is InChI=1S/C13H21N3S/c1-10-8-16(12-4-2-3-5-12)13(14-10)15-11-6-7-17-9-11/h8,11-12H,2-7,9H2,1H3,(H,14,15). The zero-order chi connectivity index (χ0) is 11.7. The van der Waals surface area contributed by atoms with Crippen molar-refractivity contribution in [1.29, 1.82) is 0 Å². The molecular weight excluding hydrogens is 230 g/mol. The number of nitrogens with one attached hydrogen (secondary N) is 1. The van der Waals surface area contributed by atoms with Gasteiger partial charge in [0.25, 0.3) is 0 Å². The molecule has 2 fully saturated rings. The highest BCUT2D eigenvalue weighted by molar-refractivity contribution is 7.99. The highest BCUT2D eigenvalue weighted by atomic mass is 32.2. The molecule has 2 aliphatic rings. The van der Waals surface area contributed by atoms with Crippen LogP contribution in [0.1, 0.15) is 43.8 Å². The lowest BCUT2D eigenvalue weighted by atomic mass is 10.2. The first-order valence-corrected chi connectivity index (χ1v) is 7.88. The largest absolute Gasteiger partial charge is 0.352 e. The van der Waals surface area contributed by atoms with Crippen molar-refractivity contribution in [2.45, 2.75) is 51.1 Å². The summed E-state index contributed by atoms with van der Waals surface area (Å²) in [6.07, 6.45) is 8.90. The molecule has 94 valence electrons. The molecule has 1 unspecified atom stereocenters. The summed E-state index contributed by atoms with van der Waals surface area (Å²) in [5.74, 6) is 3.64. The third-order valence-electron chi connectivity index (χ3n) is 3.83. The van der Waals surface area contributed by atoms with Gasteiger partial charge in [0.1, 0.15) is 0 Å². The summed E-state index contributed by atoms with van der Waals surface area (Å²) in [5.41, 5.74) is 1.14. The fraction of sp³-hybridized carbons (Fsp3) is 0.769. The van der Waals surface area contributed by atoms with Crippen molar-refractivity contribution in [2.24, 2.45) is 0 Å². The summed E-state index contributed by atoms with van der Waals surface area (Å²) in [7, 11) is 0. The molecule has 1 aromatic heterocycles. The molecule has 0 amide bonds. The Bertz CT molecular complexity index is 376. The van der Waals surface area contributed by atoms with Gasteiger partial charge >= 0.3 is 0 Å². The summed E-state index contributed by atoms with van der Waals surface area (Å²) >= 11 is 2.05. The van der Waals surface area contributed by atoms with Crippen LogP contribution < -0.4 is 5.32 Å². The molecule has 1 aliphatic heterocycles. The van der Waals surface area contributed by atoms with Crippen LogP contribution in [0.2, 0.25) is 0 Å². The predicted octanol–water partition coefficient (Wildman–Crippen LogP) is 3.22. The molecule has 0 spiro atoms.